The number of aliphatic hydroxyl groups excluding tert-OH is 1. The van der Waals surface area contributed by atoms with Crippen LogP contribution in [0.4, 0.5) is 5.69 Å². The van der Waals surface area contributed by atoms with E-state index in [-0.39, 0.29) is 11.3 Å². The van der Waals surface area contributed by atoms with Gasteiger partial charge in [0.15, 0.2) is 0 Å². The number of Topliss-reactive ketones (excluding diaryl/α,β-unsaturated/α-hetero) is 1. The van der Waals surface area contributed by atoms with Crippen LogP contribution in [0.2, 0.25) is 0 Å². The molecule has 2 aromatic carbocycles. The zero-order valence-electron chi connectivity index (χ0n) is 16.9. The van der Waals surface area contributed by atoms with E-state index in [0.29, 0.717) is 16.8 Å². The molecule has 0 saturated carbocycles. The van der Waals surface area contributed by atoms with Gasteiger partial charge in [0.25, 0.3) is 11.7 Å². The monoisotopic (exact) mass is 398 g/mol. The summed E-state index contributed by atoms with van der Waals surface area (Å²) in [6.45, 7) is 3.97. The molecule has 1 aliphatic heterocycles. The largest absolute Gasteiger partial charge is 0.507 e. The normalized spacial score (nSPS) is 18.1. The third-order valence-corrected chi connectivity index (χ3v) is 5.38. The molecule has 0 radical (unpaired) electrons. The summed E-state index contributed by atoms with van der Waals surface area (Å²) in [5.41, 5.74) is 4.00. The van der Waals surface area contributed by atoms with Gasteiger partial charge in [-0.05, 0) is 54.3 Å². The Balaban J connectivity index is 1.92. The minimum Gasteiger partial charge on any atom is -0.507 e. The van der Waals surface area contributed by atoms with Crippen LogP contribution in [0.15, 0.2) is 78.6 Å². The summed E-state index contributed by atoms with van der Waals surface area (Å²) in [6, 6.07) is 17.6. The fourth-order valence-corrected chi connectivity index (χ4v) is 3.79. The highest BCUT2D eigenvalue weighted by molar-refractivity contribution is 6.51. The highest BCUT2D eigenvalue weighted by atomic mass is 16.3. The van der Waals surface area contributed by atoms with Crippen molar-refractivity contribution in [2.24, 2.45) is 0 Å². The molecule has 4 rings (SSSR count). The van der Waals surface area contributed by atoms with Crippen molar-refractivity contribution in [2.45, 2.75) is 26.3 Å². The molecule has 1 atom stereocenters. The van der Waals surface area contributed by atoms with Crippen molar-refractivity contribution in [3.05, 3.63) is 101 Å². The van der Waals surface area contributed by atoms with Gasteiger partial charge in [0.05, 0.1) is 11.6 Å². The smallest absolute Gasteiger partial charge is 0.300 e. The van der Waals surface area contributed by atoms with Gasteiger partial charge < -0.3 is 5.11 Å². The van der Waals surface area contributed by atoms with Crippen LogP contribution >= 0.6 is 0 Å². The van der Waals surface area contributed by atoms with Gasteiger partial charge >= 0.3 is 0 Å². The number of aromatic nitrogens is 1. The van der Waals surface area contributed by atoms with Crippen LogP contribution in [0.25, 0.3) is 5.76 Å². The molecule has 0 aliphatic carbocycles. The van der Waals surface area contributed by atoms with Gasteiger partial charge in [-0.1, -0.05) is 43.3 Å². The number of ketones is 1. The van der Waals surface area contributed by atoms with E-state index >= 15 is 0 Å². The first-order valence-corrected chi connectivity index (χ1v) is 9.88. The second kappa shape index (κ2) is 7.95. The van der Waals surface area contributed by atoms with Crippen molar-refractivity contribution < 1.29 is 14.7 Å². The fraction of sp³-hybridized carbons (Fsp3) is 0.160. The summed E-state index contributed by atoms with van der Waals surface area (Å²) in [5.74, 6) is -1.53. The molecule has 1 saturated heterocycles. The zero-order valence-corrected chi connectivity index (χ0v) is 16.9. The van der Waals surface area contributed by atoms with Crippen molar-refractivity contribution in [2.75, 3.05) is 4.90 Å². The molecule has 1 fully saturated rings. The summed E-state index contributed by atoms with van der Waals surface area (Å²) < 4.78 is 0. The second-order valence-corrected chi connectivity index (χ2v) is 7.34. The van der Waals surface area contributed by atoms with Gasteiger partial charge in [0.2, 0.25) is 0 Å². The van der Waals surface area contributed by atoms with Crippen LogP contribution in [0, 0.1) is 6.92 Å². The molecule has 1 unspecified atom stereocenters. The lowest BCUT2D eigenvalue weighted by molar-refractivity contribution is -0.132. The molecule has 3 aromatic rings. The lowest BCUT2D eigenvalue weighted by atomic mass is 9.95. The predicted octanol–water partition coefficient (Wildman–Crippen LogP) is 4.58. The zero-order chi connectivity index (χ0) is 21.3. The maximum atomic E-state index is 13.1. The Kier molecular flexibility index (Phi) is 5.19. The predicted molar refractivity (Wildman–Crippen MR) is 116 cm³/mol. The quantitative estimate of drug-likeness (QED) is 0.397. The second-order valence-electron chi connectivity index (χ2n) is 7.34. The van der Waals surface area contributed by atoms with E-state index in [1.165, 1.54) is 4.90 Å². The van der Waals surface area contributed by atoms with Crippen LogP contribution in [0.1, 0.15) is 35.2 Å². The average molecular weight is 398 g/mol. The molecule has 2 heterocycles. The molecule has 1 aromatic heterocycles. The number of hydrogen-bond acceptors (Lipinski definition) is 4. The van der Waals surface area contributed by atoms with Gasteiger partial charge in [-0.15, -0.1) is 0 Å². The number of pyridine rings is 1. The molecule has 5 heteroatoms. The Hall–Kier alpha value is -3.73. The SMILES string of the molecule is CCc1ccc(/C(O)=C2\C(=O)C(=O)N(c3cccc(C)c3)C2c2ccncc2)cc1. The molecular formula is C25H22N2O3. The van der Waals surface area contributed by atoms with Gasteiger partial charge in [0.1, 0.15) is 5.76 Å². The van der Waals surface area contributed by atoms with Crippen molar-refractivity contribution in [3.8, 4) is 0 Å². The first-order chi connectivity index (χ1) is 14.5. The Morgan fingerprint density at radius 3 is 2.37 bits per heavy atom. The first kappa shape index (κ1) is 19.6. The van der Waals surface area contributed by atoms with Crippen molar-refractivity contribution in [1.82, 2.24) is 4.98 Å². The van der Waals surface area contributed by atoms with E-state index in [1.807, 2.05) is 44.2 Å². The molecule has 5 nitrogen and oxygen atoms in total. The van der Waals surface area contributed by atoms with Crippen molar-refractivity contribution in [3.63, 3.8) is 0 Å². The molecule has 1 N–H and O–H groups in total. The number of amides is 1. The minimum atomic E-state index is -0.736. The summed E-state index contributed by atoms with van der Waals surface area (Å²) >= 11 is 0. The lowest BCUT2D eigenvalue weighted by Crippen LogP contribution is -2.29. The highest BCUT2D eigenvalue weighted by Crippen LogP contribution is 2.42. The number of benzene rings is 2. The molecule has 1 aliphatic rings. The minimum absolute atomic E-state index is 0.0805. The Labute approximate surface area is 175 Å². The third-order valence-electron chi connectivity index (χ3n) is 5.38. The van der Waals surface area contributed by atoms with Crippen LogP contribution in [-0.2, 0) is 16.0 Å². The molecular weight excluding hydrogens is 376 g/mol. The summed E-state index contributed by atoms with van der Waals surface area (Å²) in [7, 11) is 0. The van der Waals surface area contributed by atoms with Crippen LogP contribution < -0.4 is 4.90 Å². The van der Waals surface area contributed by atoms with Crippen molar-refractivity contribution in [1.29, 1.82) is 0 Å². The number of carbonyl (C=O) groups excluding carboxylic acids is 2. The fourth-order valence-electron chi connectivity index (χ4n) is 3.79. The van der Waals surface area contributed by atoms with Crippen molar-refractivity contribution >= 4 is 23.1 Å². The number of anilines is 1. The van der Waals surface area contributed by atoms with E-state index < -0.39 is 17.7 Å². The molecule has 30 heavy (non-hydrogen) atoms. The van der Waals surface area contributed by atoms with Crippen LogP contribution in [0.3, 0.4) is 0 Å². The molecule has 150 valence electrons. The first-order valence-electron chi connectivity index (χ1n) is 9.88. The number of aryl methyl sites for hydroxylation is 2. The summed E-state index contributed by atoms with van der Waals surface area (Å²) in [6.07, 6.45) is 4.10. The number of nitrogens with zero attached hydrogens (tertiary/aromatic N) is 2. The van der Waals surface area contributed by atoms with Gasteiger partial charge in [-0.25, -0.2) is 0 Å². The topological polar surface area (TPSA) is 70.5 Å². The third kappa shape index (κ3) is 3.39. The highest BCUT2D eigenvalue weighted by Gasteiger charge is 2.46. The van der Waals surface area contributed by atoms with Gasteiger partial charge in [-0.3, -0.25) is 19.5 Å². The number of carbonyl (C=O) groups is 2. The van der Waals surface area contributed by atoms with Gasteiger partial charge in [0, 0.05) is 23.6 Å². The van der Waals surface area contributed by atoms with Gasteiger partial charge in [-0.2, -0.15) is 0 Å². The number of hydrogen-bond donors (Lipinski definition) is 1. The molecule has 1 amide bonds. The van der Waals surface area contributed by atoms with Crippen LogP contribution in [-0.4, -0.2) is 21.8 Å². The Morgan fingerprint density at radius 2 is 1.73 bits per heavy atom. The standard InChI is InChI=1S/C25H22N2O3/c1-3-17-7-9-19(10-8-17)23(28)21-22(18-11-13-26-14-12-18)27(25(30)24(21)29)20-6-4-5-16(2)15-20/h4-15,22,28H,3H2,1-2H3/b23-21+. The number of aliphatic hydroxyl groups is 1. The maximum absolute atomic E-state index is 13.1. The Morgan fingerprint density at radius 1 is 1.03 bits per heavy atom. The molecule has 0 bridgehead atoms. The van der Waals surface area contributed by atoms with E-state index in [9.17, 15) is 14.7 Å². The van der Waals surface area contributed by atoms with Crippen LogP contribution in [0.5, 0.6) is 0 Å². The summed E-state index contributed by atoms with van der Waals surface area (Å²) in [4.78, 5) is 31.6. The lowest BCUT2D eigenvalue weighted by Gasteiger charge is -2.25. The van der Waals surface area contributed by atoms with E-state index in [0.717, 1.165) is 17.5 Å². The maximum Gasteiger partial charge on any atom is 0.300 e. The van der Waals surface area contributed by atoms with E-state index in [2.05, 4.69) is 4.98 Å². The van der Waals surface area contributed by atoms with E-state index in [1.54, 1.807) is 42.7 Å². The number of rotatable bonds is 4. The Bertz CT molecular complexity index is 1130. The average Bonchev–Trinajstić information content (AvgIpc) is 3.04. The summed E-state index contributed by atoms with van der Waals surface area (Å²) in [5, 5.41) is 11.1. The van der Waals surface area contributed by atoms with E-state index in [4.69, 9.17) is 0 Å². The molecule has 0 spiro atoms.